The number of rotatable bonds is 23. The highest BCUT2D eigenvalue weighted by Gasteiger charge is 2.50. The molecule has 0 radical (unpaired) electrons. The molecule has 2 heterocycles. The van der Waals surface area contributed by atoms with Gasteiger partial charge in [-0.2, -0.15) is 0 Å². The van der Waals surface area contributed by atoms with Gasteiger partial charge in [0.15, 0.2) is 12.6 Å². The molecule has 1 amide bonds. The van der Waals surface area contributed by atoms with Crippen LogP contribution in [0.1, 0.15) is 78.1 Å². The zero-order valence-corrected chi connectivity index (χ0v) is 29.4. The van der Waals surface area contributed by atoms with E-state index in [1.165, 1.54) is 0 Å². The predicted molar refractivity (Wildman–Crippen MR) is 184 cm³/mol. The number of allylic oxidation sites excluding steroid dienone is 8. The minimum Gasteiger partial charge on any atom is -0.394 e. The number of amides is 1. The largest absolute Gasteiger partial charge is 0.394 e. The minimum atomic E-state index is -1.79. The van der Waals surface area contributed by atoms with Gasteiger partial charge in [-0.15, -0.1) is 0 Å². The first-order valence-electron chi connectivity index (χ1n) is 17.9. The summed E-state index contributed by atoms with van der Waals surface area (Å²) in [7, 11) is 0. The zero-order valence-electron chi connectivity index (χ0n) is 29.4. The molecular weight excluding hydrogens is 654 g/mol. The molecular formula is C36H61NO13. The number of hydrogen-bond donors (Lipinski definition) is 9. The maximum absolute atomic E-state index is 12.8. The van der Waals surface area contributed by atoms with Crippen LogP contribution in [0.2, 0.25) is 0 Å². The van der Waals surface area contributed by atoms with Gasteiger partial charge in [0, 0.05) is 6.42 Å². The lowest BCUT2D eigenvalue weighted by Gasteiger charge is -2.46. The van der Waals surface area contributed by atoms with Crippen molar-refractivity contribution in [2.75, 3.05) is 19.8 Å². The van der Waals surface area contributed by atoms with E-state index in [1.54, 1.807) is 0 Å². The van der Waals surface area contributed by atoms with E-state index in [4.69, 9.17) is 18.9 Å². The first kappa shape index (κ1) is 44.1. The maximum Gasteiger partial charge on any atom is 0.220 e. The van der Waals surface area contributed by atoms with Crippen molar-refractivity contribution in [2.24, 2.45) is 0 Å². The lowest BCUT2D eigenvalue weighted by Crippen LogP contribution is -2.65. The third-order valence-electron chi connectivity index (χ3n) is 8.57. The highest BCUT2D eigenvalue weighted by Crippen LogP contribution is 2.29. The molecule has 12 atom stereocenters. The van der Waals surface area contributed by atoms with E-state index in [1.807, 2.05) is 19.1 Å². The SMILES string of the molecule is CC/C=C\C/C=C\C/C=C\C/C=C\CCC(=O)NC(COC1OC(CO)C(OC2OC(CO)C(O)C(O)C2O)C(O)C1O)C(O)CCCCC. The summed E-state index contributed by atoms with van der Waals surface area (Å²) >= 11 is 0. The smallest absolute Gasteiger partial charge is 0.220 e. The second-order valence-corrected chi connectivity index (χ2v) is 12.6. The molecule has 2 aliphatic rings. The van der Waals surface area contributed by atoms with Crippen LogP contribution < -0.4 is 5.32 Å². The fraction of sp³-hybridized carbons (Fsp3) is 0.750. The Morgan fingerprint density at radius 1 is 0.740 bits per heavy atom. The summed E-state index contributed by atoms with van der Waals surface area (Å²) in [5, 5.41) is 85.3. The average Bonchev–Trinajstić information content (AvgIpc) is 3.11. The average molecular weight is 716 g/mol. The minimum absolute atomic E-state index is 0.178. The van der Waals surface area contributed by atoms with E-state index in [0.29, 0.717) is 12.8 Å². The van der Waals surface area contributed by atoms with Gasteiger partial charge in [-0.1, -0.05) is 81.7 Å². The Kier molecular flexibility index (Phi) is 22.1. The Hall–Kier alpha value is -2.05. The Bertz CT molecular complexity index is 1040. The highest BCUT2D eigenvalue weighted by molar-refractivity contribution is 5.76. The van der Waals surface area contributed by atoms with Gasteiger partial charge in [-0.25, -0.2) is 0 Å². The Balaban J connectivity index is 1.92. The molecule has 12 unspecified atom stereocenters. The molecule has 288 valence electrons. The van der Waals surface area contributed by atoms with Gasteiger partial charge in [0.2, 0.25) is 5.91 Å². The molecule has 0 aliphatic carbocycles. The Labute approximate surface area is 295 Å². The summed E-state index contributed by atoms with van der Waals surface area (Å²) in [5.41, 5.74) is 0. The van der Waals surface area contributed by atoms with Crippen LogP contribution in [0.3, 0.4) is 0 Å². The summed E-state index contributed by atoms with van der Waals surface area (Å²) in [6.45, 7) is 2.43. The topological polar surface area (TPSA) is 228 Å². The van der Waals surface area contributed by atoms with Gasteiger partial charge in [0.25, 0.3) is 0 Å². The normalized spacial score (nSPS) is 32.0. The number of carbonyl (C=O) groups excluding carboxylic acids is 1. The van der Waals surface area contributed by atoms with Crippen LogP contribution in [0.4, 0.5) is 0 Å². The van der Waals surface area contributed by atoms with Crippen LogP contribution in [-0.4, -0.2) is 140 Å². The van der Waals surface area contributed by atoms with Crippen molar-refractivity contribution in [3.63, 3.8) is 0 Å². The van der Waals surface area contributed by atoms with E-state index >= 15 is 0 Å². The van der Waals surface area contributed by atoms with Crippen molar-refractivity contribution >= 4 is 5.91 Å². The highest BCUT2D eigenvalue weighted by atomic mass is 16.7. The molecule has 2 aliphatic heterocycles. The van der Waals surface area contributed by atoms with Gasteiger partial charge < -0.3 is 65.1 Å². The number of carbonyl (C=O) groups is 1. The van der Waals surface area contributed by atoms with E-state index in [2.05, 4.69) is 48.7 Å². The lowest BCUT2D eigenvalue weighted by molar-refractivity contribution is -0.359. The van der Waals surface area contributed by atoms with E-state index in [9.17, 15) is 45.6 Å². The van der Waals surface area contributed by atoms with Gasteiger partial charge in [-0.3, -0.25) is 4.79 Å². The zero-order chi connectivity index (χ0) is 36.9. The molecule has 0 aromatic heterocycles. The van der Waals surface area contributed by atoms with Crippen LogP contribution >= 0.6 is 0 Å². The van der Waals surface area contributed by atoms with Crippen molar-refractivity contribution in [3.8, 4) is 0 Å². The van der Waals surface area contributed by atoms with Gasteiger partial charge in [-0.05, 0) is 38.5 Å². The fourth-order valence-corrected chi connectivity index (χ4v) is 5.54. The molecule has 2 rings (SSSR count). The van der Waals surface area contributed by atoms with E-state index in [0.717, 1.165) is 44.9 Å². The van der Waals surface area contributed by atoms with Crippen molar-refractivity contribution < 1.29 is 64.6 Å². The standard InChI is InChI=1S/C36H61NO13/c1-3-5-7-8-9-10-11-12-13-14-15-16-18-20-28(41)37-24(25(40)19-17-6-4-2)23-47-35-33(46)31(44)34(27(22-39)49-35)50-36-32(45)30(43)29(42)26(21-38)48-36/h5,7,9-10,12-13,15-16,24-27,29-36,38-40,42-46H,3-4,6,8,11,14,17-23H2,1-2H3,(H,37,41)/b7-5-,10-9-,13-12-,16-15-. The van der Waals surface area contributed by atoms with Crippen LogP contribution in [-0.2, 0) is 23.7 Å². The van der Waals surface area contributed by atoms with Crippen molar-refractivity contribution in [2.45, 2.75) is 152 Å². The van der Waals surface area contributed by atoms with Crippen LogP contribution in [0.5, 0.6) is 0 Å². The quantitative estimate of drug-likeness (QED) is 0.0524. The number of nitrogens with one attached hydrogen (secondary N) is 1. The van der Waals surface area contributed by atoms with Crippen LogP contribution in [0.15, 0.2) is 48.6 Å². The van der Waals surface area contributed by atoms with Gasteiger partial charge in [0.1, 0.15) is 48.8 Å². The number of ether oxygens (including phenoxy) is 4. The number of aliphatic hydroxyl groups is 8. The molecule has 2 fully saturated rings. The Morgan fingerprint density at radius 3 is 1.92 bits per heavy atom. The third kappa shape index (κ3) is 14.9. The van der Waals surface area contributed by atoms with Gasteiger partial charge in [0.05, 0.1) is 32.0 Å². The molecule has 0 aromatic carbocycles. The summed E-state index contributed by atoms with van der Waals surface area (Å²) in [6.07, 6.45) is 6.93. The second-order valence-electron chi connectivity index (χ2n) is 12.6. The Morgan fingerprint density at radius 2 is 1.32 bits per heavy atom. The molecule has 14 nitrogen and oxygen atoms in total. The monoisotopic (exact) mass is 715 g/mol. The number of unbranched alkanes of at least 4 members (excludes halogenated alkanes) is 2. The van der Waals surface area contributed by atoms with Crippen molar-refractivity contribution in [1.29, 1.82) is 0 Å². The molecule has 0 aromatic rings. The molecule has 9 N–H and O–H groups in total. The first-order chi connectivity index (χ1) is 24.1. The number of aliphatic hydroxyl groups excluding tert-OH is 8. The molecule has 0 spiro atoms. The number of hydrogen-bond acceptors (Lipinski definition) is 13. The van der Waals surface area contributed by atoms with Crippen molar-refractivity contribution in [1.82, 2.24) is 5.32 Å². The van der Waals surface area contributed by atoms with Crippen LogP contribution in [0.25, 0.3) is 0 Å². The molecule has 0 saturated carbocycles. The summed E-state index contributed by atoms with van der Waals surface area (Å²) in [5.74, 6) is -0.304. The predicted octanol–water partition coefficient (Wildman–Crippen LogP) is 0.638. The summed E-state index contributed by atoms with van der Waals surface area (Å²) < 4.78 is 22.3. The molecule has 50 heavy (non-hydrogen) atoms. The van der Waals surface area contributed by atoms with Gasteiger partial charge >= 0.3 is 0 Å². The third-order valence-corrected chi connectivity index (χ3v) is 8.57. The lowest BCUT2D eigenvalue weighted by atomic mass is 9.97. The van der Waals surface area contributed by atoms with Crippen LogP contribution in [0, 0.1) is 0 Å². The summed E-state index contributed by atoms with van der Waals surface area (Å²) in [4.78, 5) is 12.8. The maximum atomic E-state index is 12.8. The molecule has 2 saturated heterocycles. The van der Waals surface area contributed by atoms with E-state index in [-0.39, 0.29) is 18.9 Å². The van der Waals surface area contributed by atoms with E-state index < -0.39 is 86.8 Å². The molecule has 14 heteroatoms. The fourth-order valence-electron chi connectivity index (χ4n) is 5.54. The molecule has 0 bridgehead atoms. The second kappa shape index (κ2) is 25.0. The summed E-state index contributed by atoms with van der Waals surface area (Å²) in [6, 6.07) is -0.861. The van der Waals surface area contributed by atoms with Crippen molar-refractivity contribution in [3.05, 3.63) is 48.6 Å². The first-order valence-corrected chi connectivity index (χ1v) is 17.9.